The quantitative estimate of drug-likeness (QED) is 0.888. The molecule has 1 heterocycles. The maximum Gasteiger partial charge on any atom is 0.0497 e. The van der Waals surface area contributed by atoms with Crippen molar-refractivity contribution in [1.82, 2.24) is 4.90 Å². The molecule has 1 aliphatic heterocycles. The van der Waals surface area contributed by atoms with Crippen LogP contribution in [0.15, 0.2) is 18.2 Å². The van der Waals surface area contributed by atoms with E-state index in [1.165, 1.54) is 23.1 Å². The number of hydrogen-bond acceptors (Lipinski definition) is 2. The van der Waals surface area contributed by atoms with Gasteiger partial charge >= 0.3 is 0 Å². The Morgan fingerprint density at radius 2 is 2.11 bits per heavy atom. The maximum absolute atomic E-state index is 9.50. The molecule has 0 radical (unpaired) electrons. The lowest BCUT2D eigenvalue weighted by atomic mass is 9.82. The molecule has 0 amide bonds. The van der Waals surface area contributed by atoms with Gasteiger partial charge in [0.2, 0.25) is 0 Å². The Labute approximate surface area is 111 Å². The summed E-state index contributed by atoms with van der Waals surface area (Å²) in [6.07, 6.45) is 2.34. The molecule has 1 saturated heterocycles. The van der Waals surface area contributed by atoms with E-state index in [1.807, 2.05) is 0 Å². The van der Waals surface area contributed by atoms with Crippen LogP contribution in [-0.2, 0) is 6.54 Å². The molecule has 0 aliphatic carbocycles. The molecule has 0 aromatic heterocycles. The van der Waals surface area contributed by atoms with Crippen molar-refractivity contribution in [1.29, 1.82) is 0 Å². The molecule has 0 bridgehead atoms. The number of nitrogens with zero attached hydrogens (tertiary/aromatic N) is 1. The standard InChI is InChI=1S/C16H25NO/c1-13-5-6-15(14(2)9-13)10-17-8-4-7-16(3,11-17)12-18/h5-6,9,18H,4,7-8,10-12H2,1-3H3. The minimum atomic E-state index is 0.0941. The molecule has 2 heteroatoms. The van der Waals surface area contributed by atoms with E-state index in [0.29, 0.717) is 6.61 Å². The van der Waals surface area contributed by atoms with Gasteiger partial charge in [-0.05, 0) is 44.4 Å². The van der Waals surface area contributed by atoms with Gasteiger partial charge < -0.3 is 5.11 Å². The van der Waals surface area contributed by atoms with Crippen LogP contribution in [0.3, 0.4) is 0 Å². The van der Waals surface area contributed by atoms with Crippen LogP contribution in [0.1, 0.15) is 36.5 Å². The first-order valence-corrected chi connectivity index (χ1v) is 6.92. The van der Waals surface area contributed by atoms with Crippen molar-refractivity contribution >= 4 is 0 Å². The zero-order valence-electron chi connectivity index (χ0n) is 11.9. The van der Waals surface area contributed by atoms with Crippen molar-refractivity contribution in [3.05, 3.63) is 34.9 Å². The molecule has 100 valence electrons. The number of aliphatic hydroxyl groups excluding tert-OH is 1. The lowest BCUT2D eigenvalue weighted by Gasteiger charge is -2.39. The molecule has 1 N–H and O–H groups in total. The van der Waals surface area contributed by atoms with Crippen LogP contribution in [0.5, 0.6) is 0 Å². The lowest BCUT2D eigenvalue weighted by molar-refractivity contribution is 0.0428. The number of rotatable bonds is 3. The summed E-state index contributed by atoms with van der Waals surface area (Å²) in [7, 11) is 0. The highest BCUT2D eigenvalue weighted by Crippen LogP contribution is 2.29. The van der Waals surface area contributed by atoms with Gasteiger partial charge in [-0.3, -0.25) is 4.90 Å². The smallest absolute Gasteiger partial charge is 0.0497 e. The summed E-state index contributed by atoms with van der Waals surface area (Å²) in [4.78, 5) is 2.48. The monoisotopic (exact) mass is 247 g/mol. The van der Waals surface area contributed by atoms with Crippen LogP contribution >= 0.6 is 0 Å². The summed E-state index contributed by atoms with van der Waals surface area (Å²) in [5, 5.41) is 9.50. The first-order valence-electron chi connectivity index (χ1n) is 6.92. The molecular weight excluding hydrogens is 222 g/mol. The topological polar surface area (TPSA) is 23.5 Å². The van der Waals surface area contributed by atoms with Gasteiger partial charge in [0, 0.05) is 25.1 Å². The fraction of sp³-hybridized carbons (Fsp3) is 0.625. The largest absolute Gasteiger partial charge is 0.396 e. The summed E-state index contributed by atoms with van der Waals surface area (Å²) in [6.45, 7) is 10.0. The van der Waals surface area contributed by atoms with E-state index >= 15 is 0 Å². The van der Waals surface area contributed by atoms with Crippen molar-refractivity contribution in [2.75, 3.05) is 19.7 Å². The van der Waals surface area contributed by atoms with Gasteiger partial charge in [-0.2, -0.15) is 0 Å². The van der Waals surface area contributed by atoms with Crippen molar-refractivity contribution in [3.63, 3.8) is 0 Å². The van der Waals surface area contributed by atoms with Gasteiger partial charge in [0.25, 0.3) is 0 Å². The fourth-order valence-corrected chi connectivity index (χ4v) is 2.96. The zero-order valence-corrected chi connectivity index (χ0v) is 11.9. The third kappa shape index (κ3) is 3.12. The van der Waals surface area contributed by atoms with E-state index in [9.17, 15) is 5.11 Å². The van der Waals surface area contributed by atoms with Gasteiger partial charge in [-0.25, -0.2) is 0 Å². The Morgan fingerprint density at radius 1 is 1.33 bits per heavy atom. The summed E-state index contributed by atoms with van der Waals surface area (Å²) in [5.74, 6) is 0. The normalized spacial score (nSPS) is 25.3. The van der Waals surface area contributed by atoms with Gasteiger partial charge in [-0.15, -0.1) is 0 Å². The number of piperidine rings is 1. The average molecular weight is 247 g/mol. The minimum absolute atomic E-state index is 0.0941. The van der Waals surface area contributed by atoms with E-state index in [-0.39, 0.29) is 5.41 Å². The van der Waals surface area contributed by atoms with Crippen LogP contribution in [0.25, 0.3) is 0 Å². The molecule has 0 spiro atoms. The summed E-state index contributed by atoms with van der Waals surface area (Å²) >= 11 is 0. The second-order valence-corrected chi connectivity index (χ2v) is 6.21. The molecule has 2 nitrogen and oxygen atoms in total. The van der Waals surface area contributed by atoms with Crippen LogP contribution in [0.2, 0.25) is 0 Å². The van der Waals surface area contributed by atoms with Gasteiger partial charge in [0.15, 0.2) is 0 Å². The van der Waals surface area contributed by atoms with E-state index in [2.05, 4.69) is 43.9 Å². The van der Waals surface area contributed by atoms with Crippen LogP contribution in [0, 0.1) is 19.3 Å². The number of aryl methyl sites for hydroxylation is 2. The molecule has 1 unspecified atom stereocenters. The van der Waals surface area contributed by atoms with Crippen molar-refractivity contribution in [2.24, 2.45) is 5.41 Å². The van der Waals surface area contributed by atoms with Crippen molar-refractivity contribution in [3.8, 4) is 0 Å². The highest BCUT2D eigenvalue weighted by molar-refractivity contribution is 5.30. The molecule has 1 fully saturated rings. The van der Waals surface area contributed by atoms with Gasteiger partial charge in [0.05, 0.1) is 0 Å². The Morgan fingerprint density at radius 3 is 2.78 bits per heavy atom. The molecule has 0 saturated carbocycles. The van der Waals surface area contributed by atoms with Crippen LogP contribution < -0.4 is 0 Å². The maximum atomic E-state index is 9.50. The van der Waals surface area contributed by atoms with Gasteiger partial charge in [0.1, 0.15) is 0 Å². The summed E-state index contributed by atoms with van der Waals surface area (Å²) in [5.41, 5.74) is 4.22. The first kappa shape index (κ1) is 13.6. The minimum Gasteiger partial charge on any atom is -0.396 e. The Balaban J connectivity index is 2.05. The van der Waals surface area contributed by atoms with Crippen molar-refractivity contribution in [2.45, 2.75) is 40.2 Å². The van der Waals surface area contributed by atoms with E-state index < -0.39 is 0 Å². The Kier molecular flexibility index (Phi) is 4.08. The lowest BCUT2D eigenvalue weighted by Crippen LogP contribution is -2.43. The highest BCUT2D eigenvalue weighted by Gasteiger charge is 2.30. The van der Waals surface area contributed by atoms with Crippen LogP contribution in [-0.4, -0.2) is 29.7 Å². The predicted octanol–water partition coefficient (Wildman–Crippen LogP) is 2.90. The molecule has 2 rings (SSSR count). The van der Waals surface area contributed by atoms with Crippen LogP contribution in [0.4, 0.5) is 0 Å². The average Bonchev–Trinajstić information content (AvgIpc) is 2.33. The molecule has 1 aliphatic rings. The van der Waals surface area contributed by atoms with Gasteiger partial charge in [-0.1, -0.05) is 30.7 Å². The summed E-state index contributed by atoms with van der Waals surface area (Å²) in [6, 6.07) is 6.69. The molecule has 1 aromatic rings. The van der Waals surface area contributed by atoms with Crippen molar-refractivity contribution < 1.29 is 5.11 Å². The molecule has 1 atom stereocenters. The third-order valence-corrected chi connectivity index (χ3v) is 4.13. The highest BCUT2D eigenvalue weighted by atomic mass is 16.3. The Hall–Kier alpha value is -0.860. The first-order chi connectivity index (χ1) is 8.52. The molecule has 1 aromatic carbocycles. The van der Waals surface area contributed by atoms with E-state index in [4.69, 9.17) is 0 Å². The number of aliphatic hydroxyl groups is 1. The van der Waals surface area contributed by atoms with E-state index in [0.717, 1.165) is 26.1 Å². The van der Waals surface area contributed by atoms with E-state index in [1.54, 1.807) is 0 Å². The predicted molar refractivity (Wildman–Crippen MR) is 75.6 cm³/mol. The summed E-state index contributed by atoms with van der Waals surface area (Å²) < 4.78 is 0. The third-order valence-electron chi connectivity index (χ3n) is 4.13. The number of hydrogen-bond donors (Lipinski definition) is 1. The number of likely N-dealkylation sites (tertiary alicyclic amines) is 1. The molecular formula is C16H25NO. The second-order valence-electron chi connectivity index (χ2n) is 6.21. The second kappa shape index (κ2) is 5.41. The molecule has 18 heavy (non-hydrogen) atoms. The zero-order chi connectivity index (χ0) is 13.2. The fourth-order valence-electron chi connectivity index (χ4n) is 2.96. The SMILES string of the molecule is Cc1ccc(CN2CCCC(C)(CO)C2)c(C)c1. The number of benzene rings is 1. The Bertz CT molecular complexity index is 416.